The molecule has 0 fully saturated rings. The standard InChI is InChI=1S/C10H11INO2/c1-12-7-11-10-6-13-8-4-2-3-5-9(8)14-10/h2-5,10H,1,6-7H2/q-1. The second kappa shape index (κ2) is 4.63. The van der Waals surface area contributed by atoms with E-state index in [2.05, 4.69) is 11.7 Å². The minimum atomic E-state index is -0.0988. The van der Waals surface area contributed by atoms with Gasteiger partial charge in [-0.05, 0) is 0 Å². The minimum absolute atomic E-state index is 0.0988. The van der Waals surface area contributed by atoms with Crippen LogP contribution in [-0.4, -0.2) is 22.0 Å². The van der Waals surface area contributed by atoms with Gasteiger partial charge in [-0.2, -0.15) is 0 Å². The Morgan fingerprint density at radius 1 is 1.43 bits per heavy atom. The molecule has 0 radical (unpaired) electrons. The van der Waals surface area contributed by atoms with E-state index in [9.17, 15) is 0 Å². The fourth-order valence-corrected chi connectivity index (χ4v) is 2.80. The Balaban J connectivity index is 2.02. The summed E-state index contributed by atoms with van der Waals surface area (Å²) >= 11 is -0.0988. The molecule has 0 aromatic heterocycles. The molecule has 4 heteroatoms. The van der Waals surface area contributed by atoms with Crippen molar-refractivity contribution in [3.8, 4) is 11.5 Å². The molecule has 1 aliphatic heterocycles. The molecule has 0 bridgehead atoms. The average molecular weight is 304 g/mol. The van der Waals surface area contributed by atoms with Gasteiger partial charge in [0, 0.05) is 0 Å². The monoisotopic (exact) mass is 304 g/mol. The number of aliphatic imine (C=N–C) groups is 1. The van der Waals surface area contributed by atoms with Gasteiger partial charge in [0.1, 0.15) is 0 Å². The van der Waals surface area contributed by atoms with Gasteiger partial charge in [-0.15, -0.1) is 0 Å². The SMILES string of the molecule is C=NC[I-]C1COc2ccccc2O1. The molecule has 0 saturated carbocycles. The van der Waals surface area contributed by atoms with Crippen molar-refractivity contribution >= 4 is 6.72 Å². The van der Waals surface area contributed by atoms with Gasteiger partial charge < -0.3 is 0 Å². The number of fused-ring (bicyclic) bond motifs is 1. The first kappa shape index (κ1) is 9.76. The van der Waals surface area contributed by atoms with E-state index in [1.165, 1.54) is 0 Å². The van der Waals surface area contributed by atoms with Gasteiger partial charge in [0.2, 0.25) is 0 Å². The number of alkyl halides is 2. The van der Waals surface area contributed by atoms with Crippen LogP contribution in [0.15, 0.2) is 29.3 Å². The molecule has 2 rings (SSSR count). The van der Waals surface area contributed by atoms with E-state index in [1.54, 1.807) is 0 Å². The topological polar surface area (TPSA) is 30.8 Å². The van der Waals surface area contributed by atoms with Crippen molar-refractivity contribution in [3.63, 3.8) is 0 Å². The molecule has 76 valence electrons. The number of halogens is 1. The van der Waals surface area contributed by atoms with Crippen LogP contribution in [0.5, 0.6) is 11.5 Å². The van der Waals surface area contributed by atoms with Crippen LogP contribution < -0.4 is 30.7 Å². The van der Waals surface area contributed by atoms with E-state index >= 15 is 0 Å². The predicted octanol–water partition coefficient (Wildman–Crippen LogP) is -1.47. The zero-order chi connectivity index (χ0) is 9.80. The third-order valence-corrected chi connectivity index (χ3v) is 4.27. The number of benzene rings is 1. The van der Waals surface area contributed by atoms with Gasteiger partial charge in [0.05, 0.1) is 0 Å². The van der Waals surface area contributed by atoms with Gasteiger partial charge in [0.25, 0.3) is 0 Å². The summed E-state index contributed by atoms with van der Waals surface area (Å²) in [5, 5.41) is 0. The Hall–Kier alpha value is -0.780. The van der Waals surface area contributed by atoms with Gasteiger partial charge >= 0.3 is 93.4 Å². The van der Waals surface area contributed by atoms with Crippen LogP contribution in [0.4, 0.5) is 0 Å². The first-order valence-corrected chi connectivity index (χ1v) is 7.06. The molecular weight excluding hydrogens is 293 g/mol. The number of ether oxygens (including phenoxy) is 2. The van der Waals surface area contributed by atoms with Crippen LogP contribution in [0.3, 0.4) is 0 Å². The Morgan fingerprint density at radius 2 is 2.21 bits per heavy atom. The third-order valence-electron chi connectivity index (χ3n) is 1.80. The number of hydrogen-bond donors (Lipinski definition) is 0. The number of rotatable bonds is 3. The second-order valence-corrected chi connectivity index (χ2v) is 5.74. The summed E-state index contributed by atoms with van der Waals surface area (Å²) in [7, 11) is 0. The summed E-state index contributed by atoms with van der Waals surface area (Å²) in [5.41, 5.74) is 0. The van der Waals surface area contributed by atoms with Crippen molar-refractivity contribution in [2.45, 2.75) is 4.11 Å². The normalized spacial score (nSPS) is 19.3. The molecular formula is C10H11INO2-. The van der Waals surface area contributed by atoms with Gasteiger partial charge in [-0.25, -0.2) is 0 Å². The van der Waals surface area contributed by atoms with Crippen molar-refractivity contribution in [2.24, 2.45) is 4.99 Å². The Labute approximate surface area is 93.4 Å². The zero-order valence-electron chi connectivity index (χ0n) is 7.65. The van der Waals surface area contributed by atoms with Gasteiger partial charge in [0.15, 0.2) is 0 Å². The van der Waals surface area contributed by atoms with E-state index in [-0.39, 0.29) is 25.3 Å². The van der Waals surface area contributed by atoms with E-state index in [0.717, 1.165) is 16.1 Å². The summed E-state index contributed by atoms with van der Waals surface area (Å²) in [6.45, 7) is 4.12. The van der Waals surface area contributed by atoms with Crippen LogP contribution in [0.2, 0.25) is 0 Å². The van der Waals surface area contributed by atoms with Crippen LogP contribution in [0.25, 0.3) is 0 Å². The zero-order valence-corrected chi connectivity index (χ0v) is 9.81. The molecule has 1 heterocycles. The van der Waals surface area contributed by atoms with Crippen molar-refractivity contribution in [1.82, 2.24) is 0 Å². The van der Waals surface area contributed by atoms with Crippen LogP contribution in [0.1, 0.15) is 0 Å². The Kier molecular flexibility index (Phi) is 3.23. The first-order valence-electron chi connectivity index (χ1n) is 4.29. The van der Waals surface area contributed by atoms with Crippen LogP contribution >= 0.6 is 0 Å². The molecule has 1 aromatic rings. The predicted molar refractivity (Wildman–Crippen MR) is 50.8 cm³/mol. The molecule has 0 amide bonds. The fraction of sp³-hybridized carbons (Fsp3) is 0.300. The summed E-state index contributed by atoms with van der Waals surface area (Å²) in [4.78, 5) is 3.85. The van der Waals surface area contributed by atoms with E-state index in [1.807, 2.05) is 24.3 Å². The third kappa shape index (κ3) is 2.17. The molecule has 1 aromatic carbocycles. The van der Waals surface area contributed by atoms with Crippen LogP contribution in [-0.2, 0) is 0 Å². The molecule has 14 heavy (non-hydrogen) atoms. The van der Waals surface area contributed by atoms with E-state index in [0.29, 0.717) is 6.61 Å². The molecule has 1 aliphatic rings. The Bertz CT molecular complexity index is 330. The van der Waals surface area contributed by atoms with Crippen molar-refractivity contribution in [3.05, 3.63) is 24.3 Å². The Morgan fingerprint density at radius 3 is 3.00 bits per heavy atom. The first-order chi connectivity index (χ1) is 6.90. The summed E-state index contributed by atoms with van der Waals surface area (Å²) in [6, 6.07) is 7.76. The van der Waals surface area contributed by atoms with E-state index < -0.39 is 0 Å². The maximum absolute atomic E-state index is 5.77. The van der Waals surface area contributed by atoms with Gasteiger partial charge in [-0.3, -0.25) is 0 Å². The molecule has 0 aliphatic carbocycles. The quantitative estimate of drug-likeness (QED) is 0.295. The second-order valence-electron chi connectivity index (χ2n) is 2.78. The fourth-order valence-electron chi connectivity index (χ4n) is 1.20. The molecule has 1 atom stereocenters. The molecule has 0 spiro atoms. The summed E-state index contributed by atoms with van der Waals surface area (Å²) in [5.74, 6) is 1.70. The number of para-hydroxylation sites is 2. The molecule has 0 saturated heterocycles. The van der Waals surface area contributed by atoms with Gasteiger partial charge in [-0.1, -0.05) is 0 Å². The van der Waals surface area contributed by atoms with Crippen molar-refractivity contribution < 1.29 is 30.7 Å². The molecule has 3 nitrogen and oxygen atoms in total. The molecule has 1 unspecified atom stereocenters. The molecule has 0 N–H and O–H groups in total. The van der Waals surface area contributed by atoms with Crippen LogP contribution in [0, 0.1) is 0 Å². The summed E-state index contributed by atoms with van der Waals surface area (Å²) < 4.78 is 12.4. The summed E-state index contributed by atoms with van der Waals surface area (Å²) in [6.07, 6.45) is 0. The number of nitrogens with zero attached hydrogens (tertiary/aromatic N) is 1. The average Bonchev–Trinajstić information content (AvgIpc) is 2.26. The van der Waals surface area contributed by atoms with Crippen molar-refractivity contribution in [2.75, 3.05) is 11.2 Å². The maximum atomic E-state index is 5.77. The van der Waals surface area contributed by atoms with Crippen molar-refractivity contribution in [1.29, 1.82) is 0 Å². The number of hydrogen-bond acceptors (Lipinski definition) is 3. The van der Waals surface area contributed by atoms with E-state index in [4.69, 9.17) is 9.47 Å².